The van der Waals surface area contributed by atoms with Gasteiger partial charge in [0.15, 0.2) is 0 Å². The molecule has 0 aliphatic rings. The first kappa shape index (κ1) is 20.4. The van der Waals surface area contributed by atoms with Gasteiger partial charge >= 0.3 is 0 Å². The van der Waals surface area contributed by atoms with Crippen LogP contribution < -0.4 is 0 Å². The first-order valence-electron chi connectivity index (χ1n) is 9.86. The van der Waals surface area contributed by atoms with Crippen molar-refractivity contribution in [2.24, 2.45) is 0 Å². The lowest BCUT2D eigenvalue weighted by molar-refractivity contribution is 0.606. The van der Waals surface area contributed by atoms with Gasteiger partial charge in [0.05, 0.1) is 0 Å². The van der Waals surface area contributed by atoms with Gasteiger partial charge in [0.2, 0.25) is 0 Å². The van der Waals surface area contributed by atoms with Gasteiger partial charge in [0.25, 0.3) is 0 Å². The number of unbranched alkanes of at least 4 members (excludes halogenated alkanes) is 3. The van der Waals surface area contributed by atoms with Crippen LogP contribution in [0.3, 0.4) is 0 Å². The SMILES string of the molecule is CCCCCC=C(F)c1ccc(CCc2ccc(CCC)cc2)c(F)c1. The molecular weight excluding hydrogens is 326 g/mol. The summed E-state index contributed by atoms with van der Waals surface area (Å²) in [6.07, 6.45) is 9.10. The smallest absolute Gasteiger partial charge is 0.127 e. The zero-order valence-corrected chi connectivity index (χ0v) is 16.0. The van der Waals surface area contributed by atoms with Crippen molar-refractivity contribution in [3.8, 4) is 0 Å². The lowest BCUT2D eigenvalue weighted by atomic mass is 10.0. The molecule has 0 bridgehead atoms. The second kappa shape index (κ2) is 10.9. The standard InChI is InChI=1S/C24H30F2/c1-3-5-6-7-9-23(25)22-17-16-21(24(26)18-22)15-14-20-12-10-19(8-4-2)11-13-20/h9-13,16-18H,3-8,14-15H2,1-2H3. The van der Waals surface area contributed by atoms with Crippen LogP contribution in [0.2, 0.25) is 0 Å². The van der Waals surface area contributed by atoms with Gasteiger partial charge in [-0.05, 0) is 60.9 Å². The number of benzene rings is 2. The molecule has 0 N–H and O–H groups in total. The quantitative estimate of drug-likeness (QED) is 0.388. The normalized spacial score (nSPS) is 11.8. The molecule has 26 heavy (non-hydrogen) atoms. The van der Waals surface area contributed by atoms with Gasteiger partial charge < -0.3 is 0 Å². The number of hydrogen-bond acceptors (Lipinski definition) is 0. The third-order valence-electron chi connectivity index (χ3n) is 4.70. The largest absolute Gasteiger partial charge is 0.207 e. The number of hydrogen-bond donors (Lipinski definition) is 0. The van der Waals surface area contributed by atoms with Crippen molar-refractivity contribution in [3.05, 3.63) is 76.6 Å². The summed E-state index contributed by atoms with van der Waals surface area (Å²) in [5.74, 6) is -0.639. The van der Waals surface area contributed by atoms with Crippen molar-refractivity contribution >= 4 is 5.83 Å². The molecule has 2 heteroatoms. The van der Waals surface area contributed by atoms with Gasteiger partial charge in [0.1, 0.15) is 11.6 Å². The molecule has 0 heterocycles. The first-order valence-corrected chi connectivity index (χ1v) is 9.86. The maximum atomic E-state index is 14.3. The van der Waals surface area contributed by atoms with Crippen LogP contribution in [-0.4, -0.2) is 0 Å². The van der Waals surface area contributed by atoms with E-state index < -0.39 is 0 Å². The van der Waals surface area contributed by atoms with Crippen LogP contribution in [0.25, 0.3) is 5.83 Å². The summed E-state index contributed by atoms with van der Waals surface area (Å²) in [5, 5.41) is 0. The molecule has 0 fully saturated rings. The summed E-state index contributed by atoms with van der Waals surface area (Å²) in [4.78, 5) is 0. The summed E-state index contributed by atoms with van der Waals surface area (Å²) in [6, 6.07) is 13.3. The molecule has 0 aromatic heterocycles. The van der Waals surface area contributed by atoms with E-state index in [0.29, 0.717) is 24.0 Å². The first-order chi connectivity index (χ1) is 12.6. The van der Waals surface area contributed by atoms with E-state index in [4.69, 9.17) is 0 Å². The van der Waals surface area contributed by atoms with Gasteiger partial charge in [-0.1, -0.05) is 69.5 Å². The monoisotopic (exact) mass is 356 g/mol. The molecule has 0 spiro atoms. The van der Waals surface area contributed by atoms with Crippen molar-refractivity contribution < 1.29 is 8.78 Å². The fourth-order valence-electron chi connectivity index (χ4n) is 3.08. The van der Waals surface area contributed by atoms with E-state index in [1.54, 1.807) is 18.2 Å². The van der Waals surface area contributed by atoms with Crippen LogP contribution in [0, 0.1) is 5.82 Å². The van der Waals surface area contributed by atoms with Gasteiger partial charge in [0, 0.05) is 5.56 Å². The second-order valence-corrected chi connectivity index (χ2v) is 6.92. The Hall–Kier alpha value is -1.96. The van der Waals surface area contributed by atoms with Crippen molar-refractivity contribution in [1.29, 1.82) is 0 Å². The summed E-state index contributed by atoms with van der Waals surface area (Å²) in [5.41, 5.74) is 3.53. The van der Waals surface area contributed by atoms with Crippen molar-refractivity contribution in [2.45, 2.75) is 65.2 Å². The van der Waals surface area contributed by atoms with Crippen molar-refractivity contribution in [3.63, 3.8) is 0 Å². The Morgan fingerprint density at radius 1 is 0.846 bits per heavy atom. The third-order valence-corrected chi connectivity index (χ3v) is 4.70. The number of rotatable bonds is 10. The number of halogens is 2. The zero-order chi connectivity index (χ0) is 18.8. The van der Waals surface area contributed by atoms with E-state index in [0.717, 1.165) is 38.5 Å². The minimum absolute atomic E-state index is 0.317. The molecule has 140 valence electrons. The van der Waals surface area contributed by atoms with E-state index in [-0.39, 0.29) is 11.6 Å². The van der Waals surface area contributed by atoms with Crippen LogP contribution in [0.4, 0.5) is 8.78 Å². The Morgan fingerprint density at radius 3 is 2.15 bits per heavy atom. The maximum absolute atomic E-state index is 14.3. The van der Waals surface area contributed by atoms with E-state index in [2.05, 4.69) is 38.1 Å². The average Bonchev–Trinajstić information content (AvgIpc) is 2.65. The van der Waals surface area contributed by atoms with Gasteiger partial charge in [-0.15, -0.1) is 0 Å². The van der Waals surface area contributed by atoms with Crippen LogP contribution in [0.1, 0.15) is 68.2 Å². The van der Waals surface area contributed by atoms with Crippen molar-refractivity contribution in [2.75, 3.05) is 0 Å². The van der Waals surface area contributed by atoms with Crippen LogP contribution in [-0.2, 0) is 19.3 Å². The molecule has 0 radical (unpaired) electrons. The molecule has 2 aromatic carbocycles. The van der Waals surface area contributed by atoms with E-state index in [9.17, 15) is 8.78 Å². The third kappa shape index (κ3) is 6.40. The highest BCUT2D eigenvalue weighted by Gasteiger charge is 2.07. The lowest BCUT2D eigenvalue weighted by Crippen LogP contribution is -1.96. The highest BCUT2D eigenvalue weighted by atomic mass is 19.1. The number of aryl methyl sites for hydroxylation is 3. The molecule has 0 amide bonds. The van der Waals surface area contributed by atoms with Crippen molar-refractivity contribution in [1.82, 2.24) is 0 Å². The minimum atomic E-state index is -0.321. The Kier molecular flexibility index (Phi) is 8.53. The molecule has 0 saturated carbocycles. The molecule has 0 aliphatic heterocycles. The molecule has 0 nitrogen and oxygen atoms in total. The fraction of sp³-hybridized carbons (Fsp3) is 0.417. The predicted molar refractivity (Wildman–Crippen MR) is 107 cm³/mol. The van der Waals surface area contributed by atoms with Gasteiger partial charge in [-0.2, -0.15) is 0 Å². The highest BCUT2D eigenvalue weighted by molar-refractivity contribution is 5.59. The molecule has 0 atom stereocenters. The van der Waals surface area contributed by atoms with Gasteiger partial charge in [-0.3, -0.25) is 0 Å². The minimum Gasteiger partial charge on any atom is -0.207 e. The predicted octanol–water partition coefficient (Wildman–Crippen LogP) is 7.45. The maximum Gasteiger partial charge on any atom is 0.127 e. The van der Waals surface area contributed by atoms with Crippen LogP contribution >= 0.6 is 0 Å². The fourth-order valence-corrected chi connectivity index (χ4v) is 3.08. The zero-order valence-electron chi connectivity index (χ0n) is 16.0. The Morgan fingerprint density at radius 2 is 1.54 bits per heavy atom. The molecule has 0 unspecified atom stereocenters. The highest BCUT2D eigenvalue weighted by Crippen LogP contribution is 2.21. The van der Waals surface area contributed by atoms with Crippen LogP contribution in [0.15, 0.2) is 48.5 Å². The summed E-state index contributed by atoms with van der Waals surface area (Å²) in [7, 11) is 0. The summed E-state index contributed by atoms with van der Waals surface area (Å²) >= 11 is 0. The molecule has 2 rings (SSSR count). The second-order valence-electron chi connectivity index (χ2n) is 6.92. The molecular formula is C24H30F2. The molecule has 0 saturated heterocycles. The van der Waals surface area contributed by atoms with E-state index in [1.807, 2.05) is 0 Å². The molecule has 2 aromatic rings. The van der Waals surface area contributed by atoms with Crippen LogP contribution in [0.5, 0.6) is 0 Å². The number of allylic oxidation sites excluding steroid dienone is 1. The average molecular weight is 357 g/mol. The molecule has 0 aliphatic carbocycles. The summed E-state index contributed by atoms with van der Waals surface area (Å²) in [6.45, 7) is 4.29. The van der Waals surface area contributed by atoms with Gasteiger partial charge in [-0.25, -0.2) is 8.78 Å². The topological polar surface area (TPSA) is 0 Å². The summed E-state index contributed by atoms with van der Waals surface area (Å²) < 4.78 is 28.4. The Bertz CT molecular complexity index is 699. The van der Waals surface area contributed by atoms with E-state index >= 15 is 0 Å². The van der Waals surface area contributed by atoms with E-state index in [1.165, 1.54) is 17.2 Å². The Labute approximate surface area is 157 Å². The Balaban J connectivity index is 1.94. The lowest BCUT2D eigenvalue weighted by Gasteiger charge is -2.07.